The highest BCUT2D eigenvalue weighted by molar-refractivity contribution is 6.30. The Kier molecular flexibility index (Phi) is 5.55. The fraction of sp³-hybridized carbons (Fsp3) is 0.375. The van der Waals surface area contributed by atoms with Crippen LogP contribution in [0.25, 0.3) is 0 Å². The molecule has 1 aromatic carbocycles. The van der Waals surface area contributed by atoms with Gasteiger partial charge in [-0.05, 0) is 24.1 Å². The van der Waals surface area contributed by atoms with Crippen molar-refractivity contribution in [3.05, 3.63) is 59.2 Å². The number of hydrogen-bond acceptors (Lipinski definition) is 5. The van der Waals surface area contributed by atoms with Crippen LogP contribution in [0.3, 0.4) is 0 Å². The zero-order valence-corrected chi connectivity index (χ0v) is 14.0. The van der Waals surface area contributed by atoms with Gasteiger partial charge in [0.1, 0.15) is 18.5 Å². The molecule has 0 atom stereocenters. The number of aliphatic hydroxyl groups is 1. The fourth-order valence-electron chi connectivity index (χ4n) is 2.54. The summed E-state index contributed by atoms with van der Waals surface area (Å²) < 4.78 is 3.57. The third-order valence-electron chi connectivity index (χ3n) is 3.61. The molecule has 0 fully saturated rings. The topological polar surface area (TPSA) is 81.6 Å². The van der Waals surface area contributed by atoms with E-state index in [1.807, 2.05) is 24.3 Å². The first kappa shape index (κ1) is 16.6. The molecule has 0 aliphatic heterocycles. The molecule has 0 amide bonds. The maximum atomic E-state index is 9.23. The second-order valence-corrected chi connectivity index (χ2v) is 5.90. The molecule has 2 heterocycles. The minimum absolute atomic E-state index is 0.0377. The molecule has 8 heteroatoms. The van der Waals surface area contributed by atoms with Crippen molar-refractivity contribution in [3.8, 4) is 0 Å². The molecule has 0 unspecified atom stereocenters. The number of aryl methyl sites for hydroxylation is 2. The second-order valence-electron chi connectivity index (χ2n) is 5.46. The molecular weight excluding hydrogens is 328 g/mol. The van der Waals surface area contributed by atoms with Gasteiger partial charge in [-0.1, -0.05) is 23.7 Å². The fourth-order valence-corrected chi connectivity index (χ4v) is 2.75. The van der Waals surface area contributed by atoms with Gasteiger partial charge in [-0.2, -0.15) is 10.2 Å². The SMILES string of the molecule is OCCn1nc(Cc2cccc(Cl)c2)nc1CCCn1cncn1. The van der Waals surface area contributed by atoms with Crippen molar-refractivity contribution in [1.82, 2.24) is 29.5 Å². The minimum Gasteiger partial charge on any atom is -0.394 e. The van der Waals surface area contributed by atoms with Gasteiger partial charge in [-0.3, -0.25) is 4.68 Å². The summed E-state index contributed by atoms with van der Waals surface area (Å²) >= 11 is 6.02. The van der Waals surface area contributed by atoms with Crippen LogP contribution < -0.4 is 0 Å². The van der Waals surface area contributed by atoms with E-state index in [1.54, 1.807) is 15.7 Å². The lowest BCUT2D eigenvalue weighted by molar-refractivity contribution is 0.266. The first-order chi connectivity index (χ1) is 11.7. The van der Waals surface area contributed by atoms with Crippen LogP contribution in [0.4, 0.5) is 0 Å². The van der Waals surface area contributed by atoms with E-state index < -0.39 is 0 Å². The number of halogens is 1. The van der Waals surface area contributed by atoms with Crippen LogP contribution in [0, 0.1) is 0 Å². The molecule has 0 saturated carbocycles. The van der Waals surface area contributed by atoms with E-state index in [1.165, 1.54) is 6.33 Å². The zero-order valence-electron chi connectivity index (χ0n) is 13.2. The minimum atomic E-state index is 0.0377. The Balaban J connectivity index is 1.67. The van der Waals surface area contributed by atoms with Crippen molar-refractivity contribution in [2.45, 2.75) is 32.4 Å². The number of nitrogens with zero attached hydrogens (tertiary/aromatic N) is 6. The summed E-state index contributed by atoms with van der Waals surface area (Å²) in [6.07, 6.45) is 5.49. The Morgan fingerprint density at radius 1 is 1.21 bits per heavy atom. The summed E-state index contributed by atoms with van der Waals surface area (Å²) in [5.74, 6) is 1.61. The highest BCUT2D eigenvalue weighted by Gasteiger charge is 2.10. The molecule has 3 aromatic rings. The Morgan fingerprint density at radius 2 is 2.12 bits per heavy atom. The van der Waals surface area contributed by atoms with E-state index in [0.29, 0.717) is 18.0 Å². The molecular formula is C16H19ClN6O. The number of benzene rings is 1. The number of hydrogen-bond donors (Lipinski definition) is 1. The van der Waals surface area contributed by atoms with Gasteiger partial charge in [0.15, 0.2) is 5.82 Å². The molecule has 126 valence electrons. The summed E-state index contributed by atoms with van der Waals surface area (Å²) in [5, 5.41) is 18.5. The van der Waals surface area contributed by atoms with E-state index in [0.717, 1.165) is 36.6 Å². The third-order valence-corrected chi connectivity index (χ3v) is 3.84. The maximum absolute atomic E-state index is 9.23. The van der Waals surface area contributed by atoms with Crippen molar-refractivity contribution in [1.29, 1.82) is 0 Å². The van der Waals surface area contributed by atoms with E-state index >= 15 is 0 Å². The quantitative estimate of drug-likeness (QED) is 0.672. The first-order valence-electron chi connectivity index (χ1n) is 7.85. The normalized spacial score (nSPS) is 11.1. The lowest BCUT2D eigenvalue weighted by atomic mass is 10.1. The van der Waals surface area contributed by atoms with Crippen LogP contribution in [-0.4, -0.2) is 41.2 Å². The van der Waals surface area contributed by atoms with E-state index in [4.69, 9.17) is 11.6 Å². The molecule has 0 aliphatic carbocycles. The molecule has 24 heavy (non-hydrogen) atoms. The molecule has 0 saturated heterocycles. The van der Waals surface area contributed by atoms with Crippen molar-refractivity contribution in [3.63, 3.8) is 0 Å². The van der Waals surface area contributed by atoms with E-state index in [9.17, 15) is 5.11 Å². The van der Waals surface area contributed by atoms with Crippen LogP contribution >= 0.6 is 11.6 Å². The second kappa shape index (κ2) is 8.03. The standard InChI is InChI=1S/C16H19ClN6O/c17-14-4-1-3-13(9-14)10-15-20-16(23(21-15)7-8-24)5-2-6-22-12-18-11-19-22/h1,3-4,9,11-12,24H,2,5-8,10H2. The predicted molar refractivity (Wildman–Crippen MR) is 89.7 cm³/mol. The first-order valence-corrected chi connectivity index (χ1v) is 8.22. The van der Waals surface area contributed by atoms with Crippen LogP contribution in [-0.2, 0) is 25.9 Å². The van der Waals surface area contributed by atoms with Gasteiger partial charge in [0.25, 0.3) is 0 Å². The van der Waals surface area contributed by atoms with Crippen LogP contribution in [0.1, 0.15) is 23.6 Å². The lowest BCUT2D eigenvalue weighted by Gasteiger charge is -2.03. The van der Waals surface area contributed by atoms with Crippen molar-refractivity contribution >= 4 is 11.6 Å². The van der Waals surface area contributed by atoms with Gasteiger partial charge in [-0.25, -0.2) is 14.6 Å². The Morgan fingerprint density at radius 3 is 2.88 bits per heavy atom. The zero-order chi connectivity index (χ0) is 16.8. The predicted octanol–water partition coefficient (Wildman–Crippen LogP) is 1.74. The molecule has 0 aliphatic rings. The van der Waals surface area contributed by atoms with Crippen LogP contribution in [0.2, 0.25) is 5.02 Å². The average molecular weight is 347 g/mol. The molecule has 2 aromatic heterocycles. The molecule has 0 radical (unpaired) electrons. The largest absolute Gasteiger partial charge is 0.394 e. The number of aromatic nitrogens is 6. The summed E-state index contributed by atoms with van der Waals surface area (Å²) in [6.45, 7) is 1.26. The van der Waals surface area contributed by atoms with Gasteiger partial charge in [0.05, 0.1) is 13.2 Å². The molecule has 0 spiro atoms. The summed E-state index contributed by atoms with van der Waals surface area (Å²) in [4.78, 5) is 8.55. The van der Waals surface area contributed by atoms with Crippen molar-refractivity contribution in [2.24, 2.45) is 0 Å². The van der Waals surface area contributed by atoms with Crippen LogP contribution in [0.5, 0.6) is 0 Å². The van der Waals surface area contributed by atoms with Crippen molar-refractivity contribution in [2.75, 3.05) is 6.61 Å². The number of rotatable bonds is 8. The monoisotopic (exact) mass is 346 g/mol. The smallest absolute Gasteiger partial charge is 0.155 e. The van der Waals surface area contributed by atoms with Gasteiger partial charge in [-0.15, -0.1) is 0 Å². The summed E-state index contributed by atoms with van der Waals surface area (Å²) in [7, 11) is 0. The molecule has 1 N–H and O–H groups in total. The Hall–Kier alpha value is -2.25. The highest BCUT2D eigenvalue weighted by Crippen LogP contribution is 2.14. The lowest BCUT2D eigenvalue weighted by Crippen LogP contribution is -2.10. The molecule has 3 rings (SSSR count). The third kappa shape index (κ3) is 4.39. The van der Waals surface area contributed by atoms with Crippen LogP contribution in [0.15, 0.2) is 36.9 Å². The molecule has 7 nitrogen and oxygen atoms in total. The van der Waals surface area contributed by atoms with Gasteiger partial charge >= 0.3 is 0 Å². The van der Waals surface area contributed by atoms with Gasteiger partial charge in [0.2, 0.25) is 0 Å². The summed E-state index contributed by atoms with van der Waals surface area (Å²) in [5.41, 5.74) is 1.07. The van der Waals surface area contributed by atoms with E-state index in [2.05, 4.69) is 20.2 Å². The van der Waals surface area contributed by atoms with Gasteiger partial charge in [0, 0.05) is 24.4 Å². The summed E-state index contributed by atoms with van der Waals surface area (Å²) in [6, 6.07) is 7.68. The maximum Gasteiger partial charge on any atom is 0.155 e. The van der Waals surface area contributed by atoms with Gasteiger partial charge < -0.3 is 5.11 Å². The van der Waals surface area contributed by atoms with Crippen molar-refractivity contribution < 1.29 is 5.11 Å². The molecule has 0 bridgehead atoms. The average Bonchev–Trinajstić information content (AvgIpc) is 3.19. The van der Waals surface area contributed by atoms with E-state index in [-0.39, 0.29) is 6.61 Å². The Bertz CT molecular complexity index is 771. The highest BCUT2D eigenvalue weighted by atomic mass is 35.5. The Labute approximate surface area is 144 Å². The number of aliphatic hydroxyl groups excluding tert-OH is 1.